The second kappa shape index (κ2) is 18.4. The molecule has 2 N–H and O–H groups in total. The van der Waals surface area contributed by atoms with Gasteiger partial charge >= 0.3 is 6.09 Å². The molecule has 0 spiro atoms. The third-order valence-corrected chi connectivity index (χ3v) is 7.49. The first kappa shape index (κ1) is 32.3. The van der Waals surface area contributed by atoms with Crippen molar-refractivity contribution in [3.05, 3.63) is 34.9 Å². The fraction of sp³-hybridized carbons (Fsp3) is 0.724. The second-order valence-corrected chi connectivity index (χ2v) is 10.3. The van der Waals surface area contributed by atoms with Crippen molar-refractivity contribution < 1.29 is 23.8 Å². The average Bonchev–Trinajstić information content (AvgIpc) is 2.96. The van der Waals surface area contributed by atoms with Gasteiger partial charge in [-0.2, -0.15) is 0 Å². The van der Waals surface area contributed by atoms with E-state index in [1.54, 1.807) is 0 Å². The number of nitrogens with zero attached hydrogens (tertiary/aromatic N) is 1. The van der Waals surface area contributed by atoms with Crippen molar-refractivity contribution in [3.63, 3.8) is 0 Å². The molecular weight excluding hydrogens is 506 g/mol. The van der Waals surface area contributed by atoms with Gasteiger partial charge in [-0.25, -0.2) is 4.79 Å². The zero-order valence-electron chi connectivity index (χ0n) is 23.7. The van der Waals surface area contributed by atoms with Crippen LogP contribution in [0.4, 0.5) is 4.79 Å². The smallest absolute Gasteiger partial charge is 0.406 e. The predicted molar refractivity (Wildman–Crippen MR) is 151 cm³/mol. The molecule has 216 valence electrons. The van der Waals surface area contributed by atoms with Gasteiger partial charge in [-0.3, -0.25) is 4.79 Å². The van der Waals surface area contributed by atoms with Crippen LogP contribution in [0.25, 0.3) is 0 Å². The summed E-state index contributed by atoms with van der Waals surface area (Å²) in [7, 11) is 3.32. The van der Waals surface area contributed by atoms with Crippen molar-refractivity contribution >= 4 is 23.6 Å². The fourth-order valence-corrected chi connectivity index (χ4v) is 5.51. The Hall–Kier alpha value is -1.87. The molecule has 0 aliphatic carbocycles. The molecule has 1 aromatic carbocycles. The van der Waals surface area contributed by atoms with Gasteiger partial charge in [0.05, 0.1) is 19.8 Å². The maximum atomic E-state index is 13.2. The molecule has 2 aliphatic rings. The number of piperidine rings is 1. The molecule has 0 saturated carbocycles. The molecule has 0 radical (unpaired) electrons. The molecular formula is C29H48ClN3O5. The van der Waals surface area contributed by atoms with Crippen molar-refractivity contribution in [1.29, 1.82) is 0 Å². The van der Waals surface area contributed by atoms with Gasteiger partial charge in [-0.15, -0.1) is 0 Å². The Bertz CT molecular complexity index is 821. The third-order valence-electron chi connectivity index (χ3n) is 7.26. The number of amides is 2. The van der Waals surface area contributed by atoms with Crippen LogP contribution in [0.2, 0.25) is 5.02 Å². The molecule has 3 rings (SSSR count). The third kappa shape index (κ3) is 11.1. The van der Waals surface area contributed by atoms with Crippen LogP contribution >= 0.6 is 11.6 Å². The van der Waals surface area contributed by atoms with E-state index in [-0.39, 0.29) is 17.9 Å². The van der Waals surface area contributed by atoms with E-state index in [2.05, 4.69) is 15.4 Å². The van der Waals surface area contributed by atoms with E-state index in [9.17, 15) is 9.59 Å². The van der Waals surface area contributed by atoms with Crippen LogP contribution in [-0.4, -0.2) is 76.6 Å². The van der Waals surface area contributed by atoms with E-state index < -0.39 is 6.09 Å². The normalized spacial score (nSPS) is 21.0. The summed E-state index contributed by atoms with van der Waals surface area (Å²) in [4.78, 5) is 26.6. The monoisotopic (exact) mass is 553 g/mol. The second-order valence-electron chi connectivity index (χ2n) is 9.85. The highest BCUT2D eigenvalue weighted by molar-refractivity contribution is 6.30. The summed E-state index contributed by atoms with van der Waals surface area (Å²) in [6.45, 7) is 7.82. The molecule has 8 nitrogen and oxygen atoms in total. The first-order chi connectivity index (χ1) is 18.5. The van der Waals surface area contributed by atoms with Crippen LogP contribution in [0.3, 0.4) is 0 Å². The van der Waals surface area contributed by atoms with Crippen molar-refractivity contribution in [3.8, 4) is 0 Å². The number of hydrogen-bond acceptors (Lipinski definition) is 6. The molecule has 2 fully saturated rings. The van der Waals surface area contributed by atoms with Crippen LogP contribution < -0.4 is 10.6 Å². The lowest BCUT2D eigenvalue weighted by atomic mass is 9.88. The zero-order valence-corrected chi connectivity index (χ0v) is 24.4. The van der Waals surface area contributed by atoms with E-state index in [1.165, 1.54) is 13.5 Å². The standard InChI is InChI=1S/C27H42ClN3O5.C2H6/c1-29-24(16-20-6-5-14-35-19-20)10-11-25(32)31-13-4-8-22(18-31)26(21-7-3-9-23(28)17-21)36-15-12-30-27(33)34-2;1-2/h3,7,9,17,20,22,24,26,29H,4-6,8,10-16,18-19H2,1-2H3,(H,30,33);1-2H3/t20-,22-,24-,26+;/m1./s1. The van der Waals surface area contributed by atoms with E-state index in [0.29, 0.717) is 43.1 Å². The lowest BCUT2D eigenvalue weighted by molar-refractivity contribution is -0.134. The van der Waals surface area contributed by atoms with Crippen molar-refractivity contribution in [2.24, 2.45) is 11.8 Å². The zero-order chi connectivity index (χ0) is 27.8. The molecule has 2 heterocycles. The van der Waals surface area contributed by atoms with Crippen LogP contribution in [0, 0.1) is 11.8 Å². The number of nitrogens with one attached hydrogen (secondary N) is 2. The molecule has 4 atom stereocenters. The number of carbonyl (C=O) groups excluding carboxylic acids is 2. The molecule has 0 unspecified atom stereocenters. The van der Waals surface area contributed by atoms with E-state index in [1.807, 2.05) is 50.1 Å². The summed E-state index contributed by atoms with van der Waals surface area (Å²) < 4.78 is 16.5. The molecule has 1 aromatic rings. The molecule has 0 bridgehead atoms. The Morgan fingerprint density at radius 1 is 1.24 bits per heavy atom. The van der Waals surface area contributed by atoms with Gasteiger partial charge in [0.25, 0.3) is 0 Å². The van der Waals surface area contributed by atoms with Crippen LogP contribution in [0.1, 0.15) is 70.5 Å². The summed E-state index contributed by atoms with van der Waals surface area (Å²) in [6, 6.07) is 8.02. The summed E-state index contributed by atoms with van der Waals surface area (Å²) in [5, 5.41) is 6.71. The highest BCUT2D eigenvalue weighted by Gasteiger charge is 2.31. The first-order valence-corrected chi connectivity index (χ1v) is 14.6. The summed E-state index contributed by atoms with van der Waals surface area (Å²) in [5.74, 6) is 0.936. The maximum Gasteiger partial charge on any atom is 0.406 e. The number of benzene rings is 1. The first-order valence-electron chi connectivity index (χ1n) is 14.2. The van der Waals surface area contributed by atoms with Gasteiger partial charge in [0.15, 0.2) is 0 Å². The summed E-state index contributed by atoms with van der Waals surface area (Å²) in [6.07, 6.45) is 5.97. The summed E-state index contributed by atoms with van der Waals surface area (Å²) in [5.41, 5.74) is 0.991. The van der Waals surface area contributed by atoms with Gasteiger partial charge in [0.1, 0.15) is 0 Å². The van der Waals surface area contributed by atoms with Crippen LogP contribution in [0.5, 0.6) is 0 Å². The number of likely N-dealkylation sites (tertiary alicyclic amines) is 1. The highest BCUT2D eigenvalue weighted by Crippen LogP contribution is 2.34. The number of carbonyl (C=O) groups is 2. The molecule has 0 aromatic heterocycles. The van der Waals surface area contributed by atoms with Gasteiger partial charge in [-0.05, 0) is 69.2 Å². The SMILES string of the molecule is CC.CN[C@H](CCC(=O)N1CCC[C@@H]([C@@H](OCCNC(=O)OC)c2cccc(Cl)c2)C1)C[C@H]1CCCOC1. The number of rotatable bonds is 12. The lowest BCUT2D eigenvalue weighted by Crippen LogP contribution is -2.43. The van der Waals surface area contributed by atoms with Gasteiger partial charge in [0.2, 0.25) is 5.91 Å². The maximum absolute atomic E-state index is 13.2. The minimum absolute atomic E-state index is 0.152. The number of halogens is 1. The van der Waals surface area contributed by atoms with E-state index >= 15 is 0 Å². The molecule has 2 saturated heterocycles. The Balaban J connectivity index is 0.00000247. The van der Waals surface area contributed by atoms with Crippen molar-refractivity contribution in [2.75, 3.05) is 53.6 Å². The van der Waals surface area contributed by atoms with Crippen LogP contribution in [0.15, 0.2) is 24.3 Å². The number of ether oxygens (including phenoxy) is 3. The van der Waals surface area contributed by atoms with Crippen molar-refractivity contribution in [2.45, 2.75) is 70.9 Å². The van der Waals surface area contributed by atoms with E-state index in [4.69, 9.17) is 21.1 Å². The fourth-order valence-electron chi connectivity index (χ4n) is 5.31. The van der Waals surface area contributed by atoms with E-state index in [0.717, 1.165) is 57.4 Å². The number of methoxy groups -OCH3 is 1. The minimum atomic E-state index is -0.483. The Morgan fingerprint density at radius 3 is 2.74 bits per heavy atom. The predicted octanol–water partition coefficient (Wildman–Crippen LogP) is 5.20. The largest absolute Gasteiger partial charge is 0.453 e. The Kier molecular flexibility index (Phi) is 15.7. The Labute approximate surface area is 234 Å². The number of hydrogen-bond donors (Lipinski definition) is 2. The van der Waals surface area contributed by atoms with Crippen LogP contribution in [-0.2, 0) is 19.0 Å². The molecule has 38 heavy (non-hydrogen) atoms. The average molecular weight is 554 g/mol. The van der Waals surface area contributed by atoms with Gasteiger partial charge in [-0.1, -0.05) is 37.6 Å². The number of alkyl carbamates (subject to hydrolysis) is 1. The quantitative estimate of drug-likeness (QED) is 0.346. The topological polar surface area (TPSA) is 89.1 Å². The lowest BCUT2D eigenvalue weighted by Gasteiger charge is -2.37. The van der Waals surface area contributed by atoms with Crippen molar-refractivity contribution in [1.82, 2.24) is 15.5 Å². The summed E-state index contributed by atoms with van der Waals surface area (Å²) >= 11 is 6.28. The molecule has 2 aliphatic heterocycles. The molecule has 9 heteroatoms. The van der Waals surface area contributed by atoms with Gasteiger partial charge < -0.3 is 29.7 Å². The Morgan fingerprint density at radius 2 is 2.05 bits per heavy atom. The minimum Gasteiger partial charge on any atom is -0.453 e. The van der Waals surface area contributed by atoms with Gasteiger partial charge in [0, 0.05) is 56.3 Å². The molecule has 2 amide bonds. The highest BCUT2D eigenvalue weighted by atomic mass is 35.5.